The molecule has 0 saturated carbocycles. The van der Waals surface area contributed by atoms with E-state index in [1.54, 1.807) is 26.0 Å². The van der Waals surface area contributed by atoms with E-state index in [2.05, 4.69) is 0 Å². The fraction of sp³-hybridized carbons (Fsp3) is 0.350. The second-order valence-electron chi connectivity index (χ2n) is 7.03. The molecular formula is C20H23FN2O6S. The zero-order valence-electron chi connectivity index (χ0n) is 16.5. The average molecular weight is 438 g/mol. The van der Waals surface area contributed by atoms with Crippen LogP contribution < -0.4 is 10.2 Å². The maximum Gasteiger partial charge on any atom is 0.264 e. The molecule has 8 nitrogen and oxygen atoms in total. The molecule has 3 rings (SSSR count). The Morgan fingerprint density at radius 3 is 2.43 bits per heavy atom. The van der Waals surface area contributed by atoms with E-state index < -0.39 is 34.2 Å². The molecule has 2 aromatic carbocycles. The van der Waals surface area contributed by atoms with Crippen LogP contribution >= 0.6 is 0 Å². The van der Waals surface area contributed by atoms with Gasteiger partial charge in [0.1, 0.15) is 24.2 Å². The van der Waals surface area contributed by atoms with Crippen molar-refractivity contribution in [2.24, 2.45) is 0 Å². The van der Waals surface area contributed by atoms with Gasteiger partial charge in [-0.25, -0.2) is 18.3 Å². The number of hydrogen-bond donors (Lipinski definition) is 2. The van der Waals surface area contributed by atoms with Gasteiger partial charge in [0.15, 0.2) is 0 Å². The molecule has 0 radical (unpaired) electrons. The number of nitrogens with one attached hydrogen (secondary N) is 1. The van der Waals surface area contributed by atoms with E-state index in [4.69, 9.17) is 14.7 Å². The molecule has 30 heavy (non-hydrogen) atoms. The van der Waals surface area contributed by atoms with Crippen molar-refractivity contribution in [2.75, 3.05) is 6.54 Å². The summed E-state index contributed by atoms with van der Waals surface area (Å²) in [6.45, 7) is 3.44. The van der Waals surface area contributed by atoms with E-state index in [1.807, 2.05) is 0 Å². The van der Waals surface area contributed by atoms with Crippen LogP contribution in [0.3, 0.4) is 0 Å². The van der Waals surface area contributed by atoms with Crippen LogP contribution in [0.4, 0.5) is 4.39 Å². The minimum atomic E-state index is -4.04. The van der Waals surface area contributed by atoms with Gasteiger partial charge in [-0.2, -0.15) is 4.31 Å². The highest BCUT2D eigenvalue weighted by atomic mass is 32.2. The third kappa shape index (κ3) is 4.78. The number of halogens is 1. The molecule has 162 valence electrons. The monoisotopic (exact) mass is 438 g/mol. The molecule has 10 heteroatoms. The molecule has 0 unspecified atom stereocenters. The number of nitrogens with zero attached hydrogens (tertiary/aromatic N) is 1. The van der Waals surface area contributed by atoms with E-state index in [9.17, 15) is 17.6 Å². The second kappa shape index (κ2) is 9.09. The number of rotatable bonds is 6. The predicted molar refractivity (Wildman–Crippen MR) is 105 cm³/mol. The molecule has 2 N–H and O–H groups in total. The Kier molecular flexibility index (Phi) is 6.71. The Balaban J connectivity index is 1.77. The minimum Gasteiger partial charge on any atom is -0.489 e. The van der Waals surface area contributed by atoms with Crippen LogP contribution in [0.25, 0.3) is 0 Å². The summed E-state index contributed by atoms with van der Waals surface area (Å²) in [5.41, 5.74) is 2.28. The van der Waals surface area contributed by atoms with E-state index in [-0.39, 0.29) is 23.9 Å². The van der Waals surface area contributed by atoms with Gasteiger partial charge in [0.2, 0.25) is 10.0 Å². The Morgan fingerprint density at radius 1 is 1.20 bits per heavy atom. The zero-order chi connectivity index (χ0) is 21.9. The van der Waals surface area contributed by atoms with Gasteiger partial charge >= 0.3 is 0 Å². The fourth-order valence-corrected chi connectivity index (χ4v) is 5.06. The van der Waals surface area contributed by atoms with Crippen LogP contribution in [0.1, 0.15) is 19.4 Å². The van der Waals surface area contributed by atoms with Gasteiger partial charge < -0.3 is 9.47 Å². The minimum absolute atomic E-state index is 0.0197. The number of benzene rings is 2. The number of carbonyl (C=O) groups excluding carboxylic acids is 1. The van der Waals surface area contributed by atoms with Crippen molar-refractivity contribution in [1.82, 2.24) is 9.79 Å². The zero-order valence-corrected chi connectivity index (χ0v) is 17.3. The lowest BCUT2D eigenvalue weighted by Crippen LogP contribution is -2.60. The quantitative estimate of drug-likeness (QED) is 0.529. The first-order valence-electron chi connectivity index (χ1n) is 9.31. The third-order valence-electron chi connectivity index (χ3n) is 4.77. The summed E-state index contributed by atoms with van der Waals surface area (Å²) < 4.78 is 51.5. The molecule has 2 aromatic rings. The number of amides is 1. The molecule has 0 aromatic heterocycles. The van der Waals surface area contributed by atoms with Crippen molar-refractivity contribution >= 4 is 15.9 Å². The molecule has 1 saturated heterocycles. The van der Waals surface area contributed by atoms with Crippen LogP contribution in [0.2, 0.25) is 0 Å². The molecule has 1 aliphatic heterocycles. The number of ether oxygens (including phenoxy) is 2. The van der Waals surface area contributed by atoms with Gasteiger partial charge in [0.05, 0.1) is 17.1 Å². The summed E-state index contributed by atoms with van der Waals surface area (Å²) in [4.78, 5) is 12.1. The van der Waals surface area contributed by atoms with E-state index in [0.717, 1.165) is 9.87 Å². The summed E-state index contributed by atoms with van der Waals surface area (Å²) >= 11 is 0. The van der Waals surface area contributed by atoms with Gasteiger partial charge in [0.25, 0.3) is 5.91 Å². The Hall–Kier alpha value is -2.53. The summed E-state index contributed by atoms with van der Waals surface area (Å²) in [6.07, 6.45) is -1.16. The maximum atomic E-state index is 13.2. The molecule has 0 bridgehead atoms. The van der Waals surface area contributed by atoms with Crippen molar-refractivity contribution in [3.8, 4) is 5.75 Å². The Bertz CT molecular complexity index is 981. The largest absolute Gasteiger partial charge is 0.489 e. The lowest BCUT2D eigenvalue weighted by Gasteiger charge is -2.40. The van der Waals surface area contributed by atoms with Gasteiger partial charge in [0, 0.05) is 6.54 Å². The average Bonchev–Trinajstić information content (AvgIpc) is 2.72. The van der Waals surface area contributed by atoms with Crippen molar-refractivity contribution in [3.05, 3.63) is 59.9 Å². The van der Waals surface area contributed by atoms with Crippen molar-refractivity contribution in [2.45, 2.75) is 43.6 Å². The number of hydroxylamine groups is 1. The number of hydrogen-bond acceptors (Lipinski definition) is 6. The molecule has 1 heterocycles. The normalized spacial score (nSPS) is 22.5. The number of sulfonamides is 1. The molecular weight excluding hydrogens is 415 g/mol. The highest BCUT2D eigenvalue weighted by Crippen LogP contribution is 2.27. The molecule has 0 spiro atoms. The molecule has 0 aliphatic carbocycles. The van der Waals surface area contributed by atoms with Crippen LogP contribution in [-0.4, -0.2) is 48.6 Å². The molecule has 1 fully saturated rings. The van der Waals surface area contributed by atoms with E-state index >= 15 is 0 Å². The van der Waals surface area contributed by atoms with Crippen molar-refractivity contribution in [3.63, 3.8) is 0 Å². The summed E-state index contributed by atoms with van der Waals surface area (Å²) in [7, 11) is -4.04. The highest BCUT2D eigenvalue weighted by Gasteiger charge is 2.44. The van der Waals surface area contributed by atoms with Crippen LogP contribution in [0.5, 0.6) is 5.75 Å². The Labute approximate surface area is 174 Å². The van der Waals surface area contributed by atoms with Crippen molar-refractivity contribution < 1.29 is 32.3 Å². The van der Waals surface area contributed by atoms with E-state index in [1.165, 1.54) is 41.9 Å². The second-order valence-corrected chi connectivity index (χ2v) is 8.92. The topological polar surface area (TPSA) is 105 Å². The van der Waals surface area contributed by atoms with Crippen LogP contribution in [0.15, 0.2) is 53.4 Å². The first kappa shape index (κ1) is 22.2. The fourth-order valence-electron chi connectivity index (χ4n) is 3.33. The van der Waals surface area contributed by atoms with Gasteiger partial charge in [-0.1, -0.05) is 12.1 Å². The Morgan fingerprint density at radius 2 is 1.83 bits per heavy atom. The predicted octanol–water partition coefficient (Wildman–Crippen LogP) is 2.08. The smallest absolute Gasteiger partial charge is 0.264 e. The van der Waals surface area contributed by atoms with Crippen LogP contribution in [0, 0.1) is 5.82 Å². The number of carbonyl (C=O) groups is 1. The van der Waals surface area contributed by atoms with Gasteiger partial charge in [-0.3, -0.25) is 10.0 Å². The summed E-state index contributed by atoms with van der Waals surface area (Å²) in [6, 6.07) is 10.4. The molecule has 3 atom stereocenters. The summed E-state index contributed by atoms with van der Waals surface area (Å²) in [5, 5.41) is 9.02. The molecule has 1 aliphatic rings. The van der Waals surface area contributed by atoms with Gasteiger partial charge in [-0.15, -0.1) is 0 Å². The van der Waals surface area contributed by atoms with E-state index in [0.29, 0.717) is 5.75 Å². The molecule has 1 amide bonds. The third-order valence-corrected chi connectivity index (χ3v) is 6.63. The highest BCUT2D eigenvalue weighted by molar-refractivity contribution is 7.89. The lowest BCUT2D eigenvalue weighted by molar-refractivity contribution is -0.146. The number of morpholine rings is 1. The van der Waals surface area contributed by atoms with Crippen molar-refractivity contribution in [1.29, 1.82) is 0 Å². The lowest BCUT2D eigenvalue weighted by atomic mass is 10.1. The van der Waals surface area contributed by atoms with Gasteiger partial charge in [-0.05, 0) is 55.8 Å². The van der Waals surface area contributed by atoms with Crippen LogP contribution in [-0.2, 0) is 26.2 Å². The maximum absolute atomic E-state index is 13.2. The first-order chi connectivity index (χ1) is 14.2. The standard InChI is InChI=1S/C20H23FN2O6S/c1-13-11-23(19(14(2)29-13)20(24)22-25)30(26,27)18-9-7-17(8-10-18)28-12-15-3-5-16(21)6-4-15/h3-10,13-14,19,25H,11-12H2,1-2H3,(H,22,24)/t13-,14-,19+/m0/s1. The summed E-state index contributed by atoms with van der Waals surface area (Å²) in [5.74, 6) is -0.767. The SMILES string of the molecule is C[C@@H]1O[C@@H](C)CN(S(=O)(=O)c2ccc(OCc3ccc(F)cc3)cc2)[C@H]1C(=O)NO. The first-order valence-corrected chi connectivity index (χ1v) is 10.7.